The highest BCUT2D eigenvalue weighted by molar-refractivity contribution is 7.10. The van der Waals surface area contributed by atoms with E-state index in [1.165, 1.54) is 11.3 Å². The van der Waals surface area contributed by atoms with Crippen molar-refractivity contribution in [1.29, 1.82) is 0 Å². The van der Waals surface area contributed by atoms with E-state index in [9.17, 15) is 4.79 Å². The molecule has 1 amide bonds. The van der Waals surface area contributed by atoms with Crippen LogP contribution in [-0.4, -0.2) is 17.1 Å². The Bertz CT molecular complexity index is 361. The minimum atomic E-state index is -0.830. The zero-order chi connectivity index (χ0) is 10.6. The molecule has 0 bridgehead atoms. The fourth-order valence-corrected chi connectivity index (χ4v) is 1.58. The van der Waals surface area contributed by atoms with Crippen LogP contribution in [0.4, 0.5) is 4.79 Å². The molecule has 0 aliphatic heterocycles. The number of carbonyl (C=O) groups is 1. The highest BCUT2D eigenvalue weighted by atomic mass is 32.1. The van der Waals surface area contributed by atoms with Crippen LogP contribution in [0.5, 0.6) is 0 Å². The molecule has 1 aromatic heterocycles. The molecular formula is C7H9N3O3S. The number of rotatable bonds is 3. The first kappa shape index (κ1) is 10.3. The fourth-order valence-electron chi connectivity index (χ4n) is 0.791. The maximum Gasteiger partial charge on any atom is 0.404 e. The van der Waals surface area contributed by atoms with Gasteiger partial charge in [-0.25, -0.2) is 4.79 Å². The molecule has 0 unspecified atom stereocenters. The third-order valence-electron chi connectivity index (χ3n) is 1.41. The van der Waals surface area contributed by atoms with Crippen molar-refractivity contribution >= 4 is 23.3 Å². The minimum Gasteiger partial charge on any atom is -0.444 e. The molecule has 1 heterocycles. The van der Waals surface area contributed by atoms with Crippen LogP contribution in [0, 0.1) is 0 Å². The summed E-state index contributed by atoms with van der Waals surface area (Å²) in [7, 11) is 0. The zero-order valence-corrected chi connectivity index (χ0v) is 7.95. The second-order valence-electron chi connectivity index (χ2n) is 2.39. The van der Waals surface area contributed by atoms with Crippen LogP contribution in [0.25, 0.3) is 0 Å². The van der Waals surface area contributed by atoms with E-state index < -0.39 is 6.09 Å². The molecule has 0 fully saturated rings. The lowest BCUT2D eigenvalue weighted by Crippen LogP contribution is -2.13. The molecule has 0 saturated carbocycles. The lowest BCUT2D eigenvalue weighted by molar-refractivity contribution is 0.151. The summed E-state index contributed by atoms with van der Waals surface area (Å²) < 4.78 is 4.56. The molecule has 0 radical (unpaired) electrons. The van der Waals surface area contributed by atoms with Crippen LogP contribution in [-0.2, 0) is 11.3 Å². The Morgan fingerprint density at radius 1 is 1.64 bits per heavy atom. The normalized spacial score (nSPS) is 11.3. The zero-order valence-electron chi connectivity index (χ0n) is 7.14. The summed E-state index contributed by atoms with van der Waals surface area (Å²) in [6.45, 7) is 0.0959. The lowest BCUT2D eigenvalue weighted by atomic mass is 10.3. The third kappa shape index (κ3) is 2.63. The lowest BCUT2D eigenvalue weighted by Gasteiger charge is -1.96. The Morgan fingerprint density at radius 2 is 2.36 bits per heavy atom. The molecule has 0 aliphatic carbocycles. The van der Waals surface area contributed by atoms with E-state index in [0.29, 0.717) is 5.56 Å². The van der Waals surface area contributed by atoms with Crippen LogP contribution < -0.4 is 11.5 Å². The number of primary amides is 1. The summed E-state index contributed by atoms with van der Waals surface area (Å²) in [6, 6.07) is 1.66. The van der Waals surface area contributed by atoms with Crippen LogP contribution in [0.15, 0.2) is 16.6 Å². The summed E-state index contributed by atoms with van der Waals surface area (Å²) in [5, 5.41) is 12.9. The van der Waals surface area contributed by atoms with E-state index in [0.717, 1.165) is 4.88 Å². The number of hydrogen-bond donors (Lipinski definition) is 3. The van der Waals surface area contributed by atoms with Crippen molar-refractivity contribution in [3.63, 3.8) is 0 Å². The Labute approximate surface area is 83.8 Å². The van der Waals surface area contributed by atoms with Crippen molar-refractivity contribution < 1.29 is 14.7 Å². The van der Waals surface area contributed by atoms with Gasteiger partial charge in [0, 0.05) is 15.8 Å². The minimum absolute atomic E-state index is 0.0200. The summed E-state index contributed by atoms with van der Waals surface area (Å²) in [6.07, 6.45) is -0.830. The SMILES string of the molecule is NC(=O)OCc1cc(C(N)=NO)cs1. The third-order valence-corrected chi connectivity index (χ3v) is 2.32. The number of nitrogens with two attached hydrogens (primary N) is 2. The van der Waals surface area contributed by atoms with Crippen molar-refractivity contribution in [3.8, 4) is 0 Å². The molecule has 1 rings (SSSR count). The van der Waals surface area contributed by atoms with E-state index in [1.54, 1.807) is 11.4 Å². The smallest absolute Gasteiger partial charge is 0.404 e. The Hall–Kier alpha value is -1.76. The van der Waals surface area contributed by atoms with Crippen LogP contribution in [0.3, 0.4) is 0 Å². The van der Waals surface area contributed by atoms with Gasteiger partial charge in [-0.05, 0) is 6.07 Å². The average molecular weight is 215 g/mol. The van der Waals surface area contributed by atoms with Gasteiger partial charge >= 0.3 is 6.09 Å². The largest absolute Gasteiger partial charge is 0.444 e. The highest BCUT2D eigenvalue weighted by Gasteiger charge is 2.05. The second-order valence-corrected chi connectivity index (χ2v) is 3.39. The number of carbonyl (C=O) groups excluding carboxylic acids is 1. The van der Waals surface area contributed by atoms with Crippen molar-refractivity contribution in [3.05, 3.63) is 21.9 Å². The van der Waals surface area contributed by atoms with E-state index in [4.69, 9.17) is 16.7 Å². The maximum absolute atomic E-state index is 10.3. The summed E-state index contributed by atoms with van der Waals surface area (Å²) >= 11 is 1.33. The highest BCUT2D eigenvalue weighted by Crippen LogP contribution is 2.15. The predicted molar refractivity (Wildman–Crippen MR) is 51.2 cm³/mol. The first-order chi connectivity index (χ1) is 6.63. The molecule has 76 valence electrons. The molecule has 14 heavy (non-hydrogen) atoms. The van der Waals surface area contributed by atoms with Crippen LogP contribution in [0.2, 0.25) is 0 Å². The van der Waals surface area contributed by atoms with Crippen molar-refractivity contribution in [2.45, 2.75) is 6.61 Å². The monoisotopic (exact) mass is 215 g/mol. The topological polar surface area (TPSA) is 111 Å². The first-order valence-electron chi connectivity index (χ1n) is 3.61. The standard InChI is InChI=1S/C7H9N3O3S/c8-6(10-12)4-1-5(14-3-4)2-13-7(9)11/h1,3,12H,2H2,(H2,8,10)(H2,9,11). The molecule has 0 saturated heterocycles. The van der Waals surface area contributed by atoms with Crippen molar-refractivity contribution in [2.75, 3.05) is 0 Å². The van der Waals surface area contributed by atoms with E-state index in [-0.39, 0.29) is 12.4 Å². The second kappa shape index (κ2) is 4.47. The Balaban J connectivity index is 2.64. The molecule has 6 nitrogen and oxygen atoms in total. The molecule has 5 N–H and O–H groups in total. The molecule has 7 heteroatoms. The Morgan fingerprint density at radius 3 is 2.93 bits per heavy atom. The van der Waals surface area contributed by atoms with E-state index in [2.05, 4.69) is 9.89 Å². The molecule has 0 aromatic carbocycles. The number of amidine groups is 1. The number of thiophene rings is 1. The van der Waals surface area contributed by atoms with Gasteiger partial charge in [-0.3, -0.25) is 0 Å². The molecule has 0 spiro atoms. The molecular weight excluding hydrogens is 206 g/mol. The number of amides is 1. The van der Waals surface area contributed by atoms with Gasteiger partial charge in [-0.2, -0.15) is 0 Å². The van der Waals surface area contributed by atoms with Gasteiger partial charge in [0.1, 0.15) is 6.61 Å². The molecule has 0 aliphatic rings. The van der Waals surface area contributed by atoms with Gasteiger partial charge in [0.25, 0.3) is 0 Å². The van der Waals surface area contributed by atoms with Gasteiger partial charge in [0.05, 0.1) is 0 Å². The number of oxime groups is 1. The predicted octanol–water partition coefficient (Wildman–Crippen LogP) is 0.438. The quantitative estimate of drug-likeness (QED) is 0.294. The van der Waals surface area contributed by atoms with Crippen molar-refractivity contribution in [2.24, 2.45) is 16.6 Å². The number of ether oxygens (including phenoxy) is 1. The van der Waals surface area contributed by atoms with Gasteiger partial charge in [0.15, 0.2) is 5.84 Å². The number of nitrogens with zero attached hydrogens (tertiary/aromatic N) is 1. The van der Waals surface area contributed by atoms with Crippen LogP contribution >= 0.6 is 11.3 Å². The molecule has 1 aromatic rings. The van der Waals surface area contributed by atoms with E-state index in [1.807, 2.05) is 0 Å². The Kier molecular flexibility index (Phi) is 3.29. The average Bonchev–Trinajstić information content (AvgIpc) is 2.62. The summed E-state index contributed by atoms with van der Waals surface area (Å²) in [4.78, 5) is 11.1. The van der Waals surface area contributed by atoms with Gasteiger partial charge in [0.2, 0.25) is 0 Å². The fraction of sp³-hybridized carbons (Fsp3) is 0.143. The van der Waals surface area contributed by atoms with Crippen molar-refractivity contribution in [1.82, 2.24) is 0 Å². The van der Waals surface area contributed by atoms with Gasteiger partial charge < -0.3 is 21.4 Å². The maximum atomic E-state index is 10.3. The molecule has 0 atom stereocenters. The number of hydrogen-bond acceptors (Lipinski definition) is 5. The van der Waals surface area contributed by atoms with Gasteiger partial charge in [-0.1, -0.05) is 5.16 Å². The van der Waals surface area contributed by atoms with Crippen LogP contribution in [0.1, 0.15) is 10.4 Å². The van der Waals surface area contributed by atoms with E-state index >= 15 is 0 Å². The van der Waals surface area contributed by atoms with Gasteiger partial charge in [-0.15, -0.1) is 11.3 Å². The summed E-state index contributed by atoms with van der Waals surface area (Å²) in [5.74, 6) is 0.0200. The summed E-state index contributed by atoms with van der Waals surface area (Å²) in [5.41, 5.74) is 10.7. The first-order valence-corrected chi connectivity index (χ1v) is 4.49.